The molecule has 1 fully saturated rings. The number of hydrogen-bond acceptors (Lipinski definition) is 3. The lowest BCUT2D eigenvalue weighted by molar-refractivity contribution is -0.132. The topological polar surface area (TPSA) is 57.7 Å². The monoisotopic (exact) mass is 356 g/mol. The van der Waals surface area contributed by atoms with Gasteiger partial charge in [-0.2, -0.15) is 0 Å². The summed E-state index contributed by atoms with van der Waals surface area (Å²) in [7, 11) is 0. The molecule has 0 bridgehead atoms. The summed E-state index contributed by atoms with van der Waals surface area (Å²) in [6.07, 6.45) is 5.87. The molecule has 0 N–H and O–H groups in total. The predicted octanol–water partition coefficient (Wildman–Crippen LogP) is 2.61. The number of nitrogens with zero attached hydrogens (tertiary/aromatic N) is 2. The van der Waals surface area contributed by atoms with Gasteiger partial charge < -0.3 is 9.80 Å². The zero-order valence-corrected chi connectivity index (χ0v) is 15.6. The van der Waals surface area contributed by atoms with Crippen LogP contribution in [0.4, 0.5) is 0 Å². The number of benzene rings is 1. The molecule has 2 amide bonds. The summed E-state index contributed by atoms with van der Waals surface area (Å²) in [5.41, 5.74) is 3.39. The molecule has 0 aromatic heterocycles. The molecule has 1 saturated heterocycles. The van der Waals surface area contributed by atoms with Crippen LogP contribution in [-0.2, 0) is 22.4 Å². The lowest BCUT2D eigenvalue weighted by atomic mass is 9.89. The number of carbonyl (C=O) groups excluding carboxylic acids is 3. The van der Waals surface area contributed by atoms with Crippen LogP contribution in [0.2, 0.25) is 0 Å². The first-order chi connectivity index (χ1) is 12.5. The molecule has 3 rings (SSSR count). The molecule has 0 atom stereocenters. The fraction of sp³-hybridized carbons (Fsp3) is 0.571. The van der Waals surface area contributed by atoms with Crippen molar-refractivity contribution in [1.29, 1.82) is 0 Å². The van der Waals surface area contributed by atoms with Crippen LogP contribution in [0.1, 0.15) is 60.5 Å². The van der Waals surface area contributed by atoms with Gasteiger partial charge in [0.2, 0.25) is 11.8 Å². The van der Waals surface area contributed by atoms with E-state index in [2.05, 4.69) is 6.07 Å². The maximum Gasteiger partial charge on any atom is 0.223 e. The quantitative estimate of drug-likeness (QED) is 0.779. The number of ketones is 1. The van der Waals surface area contributed by atoms with Crippen LogP contribution in [0.3, 0.4) is 0 Å². The second-order valence-electron chi connectivity index (χ2n) is 7.35. The number of carbonyl (C=O) groups is 3. The molecule has 1 aromatic carbocycles. The van der Waals surface area contributed by atoms with Crippen LogP contribution >= 0.6 is 0 Å². The van der Waals surface area contributed by atoms with E-state index < -0.39 is 0 Å². The van der Waals surface area contributed by atoms with Gasteiger partial charge in [0, 0.05) is 51.5 Å². The van der Waals surface area contributed by atoms with Crippen molar-refractivity contribution in [1.82, 2.24) is 9.80 Å². The minimum Gasteiger partial charge on any atom is -0.341 e. The van der Waals surface area contributed by atoms with Gasteiger partial charge in [0.05, 0.1) is 0 Å². The zero-order chi connectivity index (χ0) is 18.5. The first-order valence-corrected chi connectivity index (χ1v) is 9.73. The highest BCUT2D eigenvalue weighted by Gasteiger charge is 2.21. The number of fused-ring (bicyclic) bond motifs is 1. The Balaban J connectivity index is 1.52. The Labute approximate surface area is 155 Å². The summed E-state index contributed by atoms with van der Waals surface area (Å²) in [6, 6.07) is 6.01. The number of aryl methyl sites for hydroxylation is 2. The van der Waals surface area contributed by atoms with Crippen LogP contribution < -0.4 is 0 Å². The van der Waals surface area contributed by atoms with Gasteiger partial charge in [0.15, 0.2) is 5.78 Å². The Morgan fingerprint density at radius 3 is 2.31 bits per heavy atom. The van der Waals surface area contributed by atoms with Crippen LogP contribution in [-0.4, -0.2) is 53.6 Å². The van der Waals surface area contributed by atoms with Gasteiger partial charge in [-0.25, -0.2) is 0 Å². The molecule has 0 unspecified atom stereocenters. The second kappa shape index (κ2) is 8.47. The molecular weight excluding hydrogens is 328 g/mol. The van der Waals surface area contributed by atoms with Crippen molar-refractivity contribution in [3.8, 4) is 0 Å². The molecule has 0 spiro atoms. The van der Waals surface area contributed by atoms with Crippen molar-refractivity contribution in [2.45, 2.75) is 51.9 Å². The van der Waals surface area contributed by atoms with Crippen molar-refractivity contribution in [2.75, 3.05) is 26.2 Å². The van der Waals surface area contributed by atoms with Crippen molar-refractivity contribution in [3.05, 3.63) is 34.9 Å². The van der Waals surface area contributed by atoms with E-state index in [1.165, 1.54) is 24.0 Å². The molecule has 5 nitrogen and oxygen atoms in total. The lowest BCUT2D eigenvalue weighted by Crippen LogP contribution is -2.36. The normalized spacial score (nSPS) is 17.4. The first-order valence-electron chi connectivity index (χ1n) is 9.73. The molecule has 0 saturated carbocycles. The highest BCUT2D eigenvalue weighted by molar-refractivity contribution is 5.98. The summed E-state index contributed by atoms with van der Waals surface area (Å²) in [6.45, 7) is 4.07. The smallest absolute Gasteiger partial charge is 0.223 e. The molecule has 140 valence electrons. The van der Waals surface area contributed by atoms with E-state index in [0.29, 0.717) is 26.2 Å². The van der Waals surface area contributed by atoms with E-state index >= 15 is 0 Å². The molecule has 1 aliphatic heterocycles. The number of rotatable bonds is 4. The fourth-order valence-corrected chi connectivity index (χ4v) is 3.91. The molecule has 2 aliphatic rings. The number of amides is 2. The van der Waals surface area contributed by atoms with Gasteiger partial charge in [-0.05, 0) is 49.3 Å². The molecule has 1 aromatic rings. The van der Waals surface area contributed by atoms with Crippen LogP contribution in [0.5, 0.6) is 0 Å². The summed E-state index contributed by atoms with van der Waals surface area (Å²) in [4.78, 5) is 40.0. The average Bonchev–Trinajstić information content (AvgIpc) is 2.92. The minimum absolute atomic E-state index is 0.0155. The number of hydrogen-bond donors (Lipinski definition) is 0. The van der Waals surface area contributed by atoms with E-state index in [4.69, 9.17) is 0 Å². The Hall–Kier alpha value is -2.17. The number of Topliss-reactive ketones (excluding diaryl/α,β-unsaturated/α-hetero) is 1. The summed E-state index contributed by atoms with van der Waals surface area (Å²) < 4.78 is 0. The highest BCUT2D eigenvalue weighted by atomic mass is 16.2. The van der Waals surface area contributed by atoms with Gasteiger partial charge in [-0.1, -0.05) is 12.1 Å². The van der Waals surface area contributed by atoms with E-state index in [1.54, 1.807) is 16.7 Å². The summed E-state index contributed by atoms with van der Waals surface area (Å²) >= 11 is 0. The predicted molar refractivity (Wildman–Crippen MR) is 100 cm³/mol. The van der Waals surface area contributed by atoms with Gasteiger partial charge in [-0.3, -0.25) is 14.4 Å². The molecular formula is C21H28N2O3. The second-order valence-corrected chi connectivity index (χ2v) is 7.35. The Morgan fingerprint density at radius 2 is 1.54 bits per heavy atom. The van der Waals surface area contributed by atoms with Gasteiger partial charge in [0.25, 0.3) is 0 Å². The van der Waals surface area contributed by atoms with Gasteiger partial charge >= 0.3 is 0 Å². The summed E-state index contributed by atoms with van der Waals surface area (Å²) in [5.74, 6) is 0.121. The Bertz CT molecular complexity index is 698. The van der Waals surface area contributed by atoms with E-state index in [0.717, 1.165) is 24.8 Å². The molecule has 26 heavy (non-hydrogen) atoms. The Morgan fingerprint density at radius 1 is 0.846 bits per heavy atom. The van der Waals surface area contributed by atoms with E-state index in [1.807, 2.05) is 12.1 Å². The zero-order valence-electron chi connectivity index (χ0n) is 15.6. The van der Waals surface area contributed by atoms with E-state index in [-0.39, 0.29) is 30.4 Å². The van der Waals surface area contributed by atoms with Crippen LogP contribution in [0, 0.1) is 0 Å². The third-order valence-electron chi connectivity index (χ3n) is 5.53. The van der Waals surface area contributed by atoms with Gasteiger partial charge in [0.1, 0.15) is 0 Å². The van der Waals surface area contributed by atoms with Crippen molar-refractivity contribution >= 4 is 17.6 Å². The summed E-state index contributed by atoms with van der Waals surface area (Å²) in [5, 5.41) is 0. The standard InChI is InChI=1S/C21H28N2O3/c1-16(24)22-11-4-12-23(14-13-22)21(26)10-9-20(25)19-8-7-17-5-2-3-6-18(17)15-19/h7-8,15H,2-6,9-14H2,1H3. The SMILES string of the molecule is CC(=O)N1CCCN(C(=O)CCC(=O)c2ccc3c(c2)CCCC3)CC1. The fourth-order valence-electron chi connectivity index (χ4n) is 3.91. The van der Waals surface area contributed by atoms with Crippen molar-refractivity contribution in [3.63, 3.8) is 0 Å². The van der Waals surface area contributed by atoms with Crippen LogP contribution in [0.25, 0.3) is 0 Å². The average molecular weight is 356 g/mol. The highest BCUT2D eigenvalue weighted by Crippen LogP contribution is 2.23. The van der Waals surface area contributed by atoms with Crippen molar-refractivity contribution < 1.29 is 14.4 Å². The third-order valence-corrected chi connectivity index (χ3v) is 5.53. The lowest BCUT2D eigenvalue weighted by Gasteiger charge is -2.21. The van der Waals surface area contributed by atoms with E-state index in [9.17, 15) is 14.4 Å². The molecule has 5 heteroatoms. The minimum atomic E-state index is 0.0155. The largest absolute Gasteiger partial charge is 0.341 e. The van der Waals surface area contributed by atoms with Gasteiger partial charge in [-0.15, -0.1) is 0 Å². The molecule has 0 radical (unpaired) electrons. The first kappa shape index (κ1) is 18.6. The molecule has 1 heterocycles. The van der Waals surface area contributed by atoms with Crippen molar-refractivity contribution in [2.24, 2.45) is 0 Å². The maximum absolute atomic E-state index is 12.5. The van der Waals surface area contributed by atoms with Crippen LogP contribution in [0.15, 0.2) is 18.2 Å². The maximum atomic E-state index is 12.5. The molecule has 1 aliphatic carbocycles. The third kappa shape index (κ3) is 4.51. The Kier molecular flexibility index (Phi) is 6.07.